The molecule has 0 aliphatic carbocycles. The van der Waals surface area contributed by atoms with Crippen LogP contribution < -0.4 is 10.2 Å². The van der Waals surface area contributed by atoms with Gasteiger partial charge >= 0.3 is 0 Å². The van der Waals surface area contributed by atoms with Gasteiger partial charge in [0.1, 0.15) is 0 Å². The van der Waals surface area contributed by atoms with E-state index in [-0.39, 0.29) is 11.3 Å². The summed E-state index contributed by atoms with van der Waals surface area (Å²) >= 11 is 6.37. The number of nitrogens with zero attached hydrogens (tertiary/aromatic N) is 2. The van der Waals surface area contributed by atoms with Crippen LogP contribution in [0.3, 0.4) is 0 Å². The molecule has 3 rings (SSSR count). The second kappa shape index (κ2) is 7.72. The number of para-hydroxylation sites is 1. The lowest BCUT2D eigenvalue weighted by Crippen LogP contribution is -2.37. The van der Waals surface area contributed by atoms with Gasteiger partial charge in [-0.05, 0) is 25.1 Å². The van der Waals surface area contributed by atoms with Gasteiger partial charge in [0.05, 0.1) is 34.5 Å². The first-order valence-corrected chi connectivity index (χ1v) is 8.53. The summed E-state index contributed by atoms with van der Waals surface area (Å²) < 4.78 is 5.37. The number of carbonyl (C=O) groups excluding carboxylic acids is 1. The summed E-state index contributed by atoms with van der Waals surface area (Å²) in [7, 11) is 0. The van der Waals surface area contributed by atoms with Crippen LogP contribution in [0.1, 0.15) is 15.9 Å². The number of ether oxygens (including phenoxy) is 1. The Labute approximate surface area is 155 Å². The molecule has 0 saturated carbocycles. The van der Waals surface area contributed by atoms with Crippen LogP contribution in [0.5, 0.6) is 0 Å². The van der Waals surface area contributed by atoms with Crippen molar-refractivity contribution in [3.8, 4) is 0 Å². The van der Waals surface area contributed by atoms with Crippen LogP contribution in [0.15, 0.2) is 36.4 Å². The number of nitro groups is 1. The van der Waals surface area contributed by atoms with Gasteiger partial charge in [-0.2, -0.15) is 0 Å². The lowest BCUT2D eigenvalue weighted by molar-refractivity contribution is -0.385. The van der Waals surface area contributed by atoms with Gasteiger partial charge in [0.25, 0.3) is 11.6 Å². The van der Waals surface area contributed by atoms with Crippen LogP contribution in [0, 0.1) is 17.0 Å². The van der Waals surface area contributed by atoms with Gasteiger partial charge in [-0.3, -0.25) is 14.9 Å². The first kappa shape index (κ1) is 18.2. The number of hydrogen-bond acceptors (Lipinski definition) is 5. The molecule has 0 unspecified atom stereocenters. The summed E-state index contributed by atoms with van der Waals surface area (Å²) in [6.45, 7) is 4.07. The molecule has 0 aromatic heterocycles. The van der Waals surface area contributed by atoms with Crippen molar-refractivity contribution in [1.29, 1.82) is 0 Å². The lowest BCUT2D eigenvalue weighted by Gasteiger charge is -2.31. The summed E-state index contributed by atoms with van der Waals surface area (Å²) in [6.07, 6.45) is 0. The molecule has 0 bridgehead atoms. The predicted molar refractivity (Wildman–Crippen MR) is 100 cm³/mol. The number of carbonyl (C=O) groups is 1. The first-order valence-electron chi connectivity index (χ1n) is 8.15. The Morgan fingerprint density at radius 2 is 1.92 bits per heavy atom. The highest BCUT2D eigenvalue weighted by molar-refractivity contribution is 6.34. The minimum atomic E-state index is -0.495. The van der Waals surface area contributed by atoms with Crippen molar-refractivity contribution in [3.63, 3.8) is 0 Å². The average Bonchev–Trinajstić information content (AvgIpc) is 2.62. The van der Waals surface area contributed by atoms with Crippen molar-refractivity contribution in [2.75, 3.05) is 36.5 Å². The number of halogens is 1. The molecule has 136 valence electrons. The van der Waals surface area contributed by atoms with E-state index in [0.717, 1.165) is 5.69 Å². The molecular weight excluding hydrogens is 358 g/mol. The van der Waals surface area contributed by atoms with Gasteiger partial charge < -0.3 is 15.0 Å². The summed E-state index contributed by atoms with van der Waals surface area (Å²) in [5.41, 5.74) is 1.79. The third kappa shape index (κ3) is 3.63. The standard InChI is InChI=1S/C18H18ClN3O4/c1-12-13(4-2-7-16(12)22(24)25)18(23)20-15-6-3-5-14(19)17(15)21-8-10-26-11-9-21/h2-7H,8-11H2,1H3,(H,20,23). The van der Waals surface area contributed by atoms with E-state index in [9.17, 15) is 14.9 Å². The van der Waals surface area contributed by atoms with Crippen LogP contribution in [-0.4, -0.2) is 37.1 Å². The monoisotopic (exact) mass is 375 g/mol. The molecule has 0 atom stereocenters. The van der Waals surface area contributed by atoms with Crippen LogP contribution in [0.25, 0.3) is 0 Å². The Hall–Kier alpha value is -2.64. The topological polar surface area (TPSA) is 84.7 Å². The average molecular weight is 376 g/mol. The number of nitrogens with one attached hydrogen (secondary N) is 1. The van der Waals surface area contributed by atoms with E-state index >= 15 is 0 Å². The number of benzene rings is 2. The Kier molecular flexibility index (Phi) is 5.39. The molecule has 26 heavy (non-hydrogen) atoms. The zero-order valence-electron chi connectivity index (χ0n) is 14.2. The molecule has 0 spiro atoms. The quantitative estimate of drug-likeness (QED) is 0.651. The normalized spacial score (nSPS) is 14.2. The number of morpholine rings is 1. The minimum Gasteiger partial charge on any atom is -0.378 e. The maximum absolute atomic E-state index is 12.7. The zero-order valence-corrected chi connectivity index (χ0v) is 15.0. The van der Waals surface area contributed by atoms with E-state index in [4.69, 9.17) is 16.3 Å². The molecular formula is C18H18ClN3O4. The highest BCUT2D eigenvalue weighted by Crippen LogP contribution is 2.35. The van der Waals surface area contributed by atoms with Gasteiger partial charge in [0, 0.05) is 30.3 Å². The van der Waals surface area contributed by atoms with Crippen molar-refractivity contribution in [2.24, 2.45) is 0 Å². The molecule has 1 N–H and O–H groups in total. The molecule has 1 heterocycles. The van der Waals surface area contributed by atoms with Crippen LogP contribution in [0.4, 0.5) is 17.1 Å². The summed E-state index contributed by atoms with van der Waals surface area (Å²) in [5, 5.41) is 14.5. The molecule has 1 saturated heterocycles. The first-order chi connectivity index (χ1) is 12.5. The molecule has 1 fully saturated rings. The van der Waals surface area contributed by atoms with Gasteiger partial charge in [0.15, 0.2) is 0 Å². The van der Waals surface area contributed by atoms with E-state index < -0.39 is 10.8 Å². The van der Waals surface area contributed by atoms with E-state index in [2.05, 4.69) is 10.2 Å². The van der Waals surface area contributed by atoms with E-state index in [1.807, 2.05) is 0 Å². The van der Waals surface area contributed by atoms with Crippen molar-refractivity contribution in [1.82, 2.24) is 0 Å². The maximum atomic E-state index is 12.7. The fourth-order valence-corrected chi connectivity index (χ4v) is 3.28. The van der Waals surface area contributed by atoms with E-state index in [1.165, 1.54) is 12.1 Å². The molecule has 7 nitrogen and oxygen atoms in total. The fourth-order valence-electron chi connectivity index (χ4n) is 2.98. The number of anilines is 2. The van der Waals surface area contributed by atoms with Gasteiger partial charge in [-0.15, -0.1) is 0 Å². The van der Waals surface area contributed by atoms with Crippen LogP contribution in [-0.2, 0) is 4.74 Å². The minimum absolute atomic E-state index is 0.0860. The second-order valence-corrected chi connectivity index (χ2v) is 6.30. The molecule has 2 aromatic carbocycles. The van der Waals surface area contributed by atoms with Gasteiger partial charge in [-0.1, -0.05) is 23.7 Å². The molecule has 0 radical (unpaired) electrons. The van der Waals surface area contributed by atoms with Gasteiger partial charge in [0.2, 0.25) is 0 Å². The Bertz CT molecular complexity index is 850. The molecule has 8 heteroatoms. The molecule has 2 aromatic rings. The maximum Gasteiger partial charge on any atom is 0.273 e. The largest absolute Gasteiger partial charge is 0.378 e. The second-order valence-electron chi connectivity index (χ2n) is 5.90. The van der Waals surface area contributed by atoms with Gasteiger partial charge in [-0.25, -0.2) is 0 Å². The van der Waals surface area contributed by atoms with Crippen molar-refractivity contribution in [3.05, 3.63) is 62.7 Å². The summed E-state index contributed by atoms with van der Waals surface area (Å²) in [4.78, 5) is 25.4. The SMILES string of the molecule is Cc1c(C(=O)Nc2cccc(Cl)c2N2CCOCC2)cccc1[N+](=O)[O-]. The number of rotatable bonds is 4. The van der Waals surface area contributed by atoms with E-state index in [0.29, 0.717) is 42.6 Å². The summed E-state index contributed by atoms with van der Waals surface area (Å²) in [6, 6.07) is 9.73. The Morgan fingerprint density at radius 1 is 1.23 bits per heavy atom. The van der Waals surface area contributed by atoms with Crippen molar-refractivity contribution in [2.45, 2.75) is 6.92 Å². The molecule has 1 aliphatic rings. The molecule has 1 amide bonds. The van der Waals surface area contributed by atoms with Crippen LogP contribution in [0.2, 0.25) is 5.02 Å². The number of nitro benzene ring substituents is 1. The highest BCUT2D eigenvalue weighted by Gasteiger charge is 2.22. The third-order valence-electron chi connectivity index (χ3n) is 4.31. The molecule has 1 aliphatic heterocycles. The number of amides is 1. The summed E-state index contributed by atoms with van der Waals surface area (Å²) in [5.74, 6) is -0.414. The smallest absolute Gasteiger partial charge is 0.273 e. The lowest BCUT2D eigenvalue weighted by atomic mass is 10.1. The zero-order chi connectivity index (χ0) is 18.7. The van der Waals surface area contributed by atoms with Crippen molar-refractivity contribution < 1.29 is 14.5 Å². The van der Waals surface area contributed by atoms with E-state index in [1.54, 1.807) is 31.2 Å². The van der Waals surface area contributed by atoms with Crippen LogP contribution >= 0.6 is 11.6 Å². The Morgan fingerprint density at radius 3 is 2.62 bits per heavy atom. The third-order valence-corrected chi connectivity index (χ3v) is 4.61. The predicted octanol–water partition coefficient (Wildman–Crippen LogP) is 3.65. The highest BCUT2D eigenvalue weighted by atomic mass is 35.5. The fraction of sp³-hybridized carbons (Fsp3) is 0.278. The number of hydrogen-bond donors (Lipinski definition) is 1. The Balaban J connectivity index is 1.92. The van der Waals surface area contributed by atoms with Crippen molar-refractivity contribution >= 4 is 34.6 Å².